The van der Waals surface area contributed by atoms with Crippen molar-refractivity contribution in [2.75, 3.05) is 6.61 Å². The lowest BCUT2D eigenvalue weighted by atomic mass is 10.1. The molecule has 8 heteroatoms. The molecule has 2 aromatic carbocycles. The van der Waals surface area contributed by atoms with Gasteiger partial charge in [-0.15, -0.1) is 0 Å². The molecule has 3 rings (SSSR count). The Morgan fingerprint density at radius 1 is 1.06 bits per heavy atom. The van der Waals surface area contributed by atoms with Crippen molar-refractivity contribution in [3.05, 3.63) is 83.6 Å². The average molecular weight is 500 g/mol. The van der Waals surface area contributed by atoms with Crippen LogP contribution in [0, 0.1) is 0 Å². The van der Waals surface area contributed by atoms with E-state index in [1.165, 1.54) is 18.2 Å². The fourth-order valence-electron chi connectivity index (χ4n) is 3.59. The van der Waals surface area contributed by atoms with Gasteiger partial charge in [0.2, 0.25) is 0 Å². The first kappa shape index (κ1) is 26.8. The van der Waals surface area contributed by atoms with Gasteiger partial charge in [-0.3, -0.25) is 0 Å². The molecule has 3 aromatic rings. The van der Waals surface area contributed by atoms with Crippen molar-refractivity contribution in [1.82, 2.24) is 4.98 Å². The summed E-state index contributed by atoms with van der Waals surface area (Å²) in [5, 5.41) is 8.88. The third-order valence-corrected chi connectivity index (χ3v) is 5.38. The number of rotatable bonds is 11. The summed E-state index contributed by atoms with van der Waals surface area (Å²) in [6.45, 7) is 4.30. The van der Waals surface area contributed by atoms with Crippen LogP contribution in [-0.2, 0) is 11.0 Å². The van der Waals surface area contributed by atoms with Gasteiger partial charge in [0.05, 0.1) is 23.6 Å². The quantitative estimate of drug-likeness (QED) is 0.276. The second-order valence-electron chi connectivity index (χ2n) is 8.08. The third kappa shape index (κ3) is 7.34. The summed E-state index contributed by atoms with van der Waals surface area (Å²) in [5.41, 5.74) is 1.71. The number of aromatic nitrogens is 1. The van der Waals surface area contributed by atoms with Crippen LogP contribution in [0.15, 0.2) is 66.7 Å². The summed E-state index contributed by atoms with van der Waals surface area (Å²) < 4.78 is 50.9. The molecule has 1 atom stereocenters. The van der Waals surface area contributed by atoms with Gasteiger partial charge in [-0.25, -0.2) is 9.78 Å². The van der Waals surface area contributed by atoms with E-state index >= 15 is 0 Å². The van der Waals surface area contributed by atoms with Crippen molar-refractivity contribution in [2.24, 2.45) is 0 Å². The van der Waals surface area contributed by atoms with Crippen LogP contribution in [0.2, 0.25) is 0 Å². The van der Waals surface area contributed by atoms with Gasteiger partial charge < -0.3 is 14.6 Å². The minimum absolute atomic E-state index is 0.393. The number of ether oxygens (including phenoxy) is 2. The highest BCUT2D eigenvalue weighted by Gasteiger charge is 2.30. The zero-order valence-electron chi connectivity index (χ0n) is 20.1. The Hall–Kier alpha value is -3.81. The van der Waals surface area contributed by atoms with E-state index in [1.807, 2.05) is 13.0 Å². The minimum atomic E-state index is -4.40. The molecule has 1 aromatic heterocycles. The second kappa shape index (κ2) is 12.2. The number of carboxylic acid groups (broad SMARTS) is 1. The summed E-state index contributed by atoms with van der Waals surface area (Å²) in [6.07, 6.45) is 0.190. The molecule has 0 aliphatic heterocycles. The van der Waals surface area contributed by atoms with E-state index in [9.17, 15) is 18.0 Å². The van der Waals surface area contributed by atoms with E-state index in [2.05, 4.69) is 6.92 Å². The predicted molar refractivity (Wildman–Crippen MR) is 132 cm³/mol. The smallest absolute Gasteiger partial charge is 0.416 e. The summed E-state index contributed by atoms with van der Waals surface area (Å²) in [5.74, 6) is -0.0792. The van der Waals surface area contributed by atoms with Crippen LogP contribution in [0.25, 0.3) is 17.3 Å². The van der Waals surface area contributed by atoms with Gasteiger partial charge in [-0.2, -0.15) is 13.2 Å². The number of halogens is 3. The van der Waals surface area contributed by atoms with Gasteiger partial charge in [0.15, 0.2) is 11.5 Å². The molecular formula is C28H28F3NO4. The van der Waals surface area contributed by atoms with Gasteiger partial charge in [-0.1, -0.05) is 37.6 Å². The number of carbonyl (C=O) groups is 1. The van der Waals surface area contributed by atoms with E-state index in [0.29, 0.717) is 47.0 Å². The Kier molecular flexibility index (Phi) is 9.11. The van der Waals surface area contributed by atoms with Gasteiger partial charge in [0, 0.05) is 11.6 Å². The maximum Gasteiger partial charge on any atom is 0.416 e. The Morgan fingerprint density at radius 3 is 2.44 bits per heavy atom. The lowest BCUT2D eigenvalue weighted by molar-refractivity contribution is -0.137. The molecule has 0 aliphatic carbocycles. The normalized spacial score (nSPS) is 12.5. The van der Waals surface area contributed by atoms with Crippen molar-refractivity contribution < 1.29 is 32.5 Å². The van der Waals surface area contributed by atoms with E-state index in [-0.39, 0.29) is 0 Å². The summed E-state index contributed by atoms with van der Waals surface area (Å²) in [4.78, 5) is 15.5. The highest BCUT2D eigenvalue weighted by atomic mass is 19.4. The maximum absolute atomic E-state index is 12.9. The first-order valence-electron chi connectivity index (χ1n) is 11.7. The van der Waals surface area contributed by atoms with Crippen LogP contribution < -0.4 is 9.47 Å². The van der Waals surface area contributed by atoms with Crippen molar-refractivity contribution in [3.63, 3.8) is 0 Å². The Bertz CT molecular complexity index is 1190. The van der Waals surface area contributed by atoms with Crippen molar-refractivity contribution in [3.8, 4) is 22.8 Å². The second-order valence-corrected chi connectivity index (χ2v) is 8.08. The van der Waals surface area contributed by atoms with Gasteiger partial charge in [0.1, 0.15) is 6.10 Å². The summed E-state index contributed by atoms with van der Waals surface area (Å²) in [7, 11) is 0. The number of unbranched alkanes of at least 4 members (excludes halogenated alkanes) is 1. The van der Waals surface area contributed by atoms with Crippen LogP contribution >= 0.6 is 0 Å². The van der Waals surface area contributed by atoms with Crippen LogP contribution in [-0.4, -0.2) is 22.7 Å². The molecule has 0 bridgehead atoms. The largest absolute Gasteiger partial charge is 0.490 e. The molecule has 36 heavy (non-hydrogen) atoms. The number of carboxylic acids is 1. The molecule has 1 N–H and O–H groups in total. The highest BCUT2D eigenvalue weighted by molar-refractivity contribution is 5.85. The SMILES string of the molecule is CCCCC(Oc1ccc(C=CC(=O)O)cc1OCC)c1cccc(-c2ccc(C(F)(F)F)cc2)n1. The third-order valence-electron chi connectivity index (χ3n) is 5.38. The molecule has 0 radical (unpaired) electrons. The van der Waals surface area contributed by atoms with Gasteiger partial charge >= 0.3 is 12.1 Å². The molecule has 1 heterocycles. The van der Waals surface area contributed by atoms with Crippen LogP contribution in [0.5, 0.6) is 11.5 Å². The van der Waals surface area contributed by atoms with Crippen LogP contribution in [0.3, 0.4) is 0 Å². The van der Waals surface area contributed by atoms with E-state index in [4.69, 9.17) is 19.6 Å². The predicted octanol–water partition coefficient (Wildman–Crippen LogP) is 7.57. The molecule has 0 amide bonds. The molecule has 0 saturated heterocycles. The first-order valence-corrected chi connectivity index (χ1v) is 11.7. The Morgan fingerprint density at radius 2 is 1.81 bits per heavy atom. The molecule has 1 unspecified atom stereocenters. The summed E-state index contributed by atoms with van der Waals surface area (Å²) in [6, 6.07) is 15.5. The highest BCUT2D eigenvalue weighted by Crippen LogP contribution is 2.35. The zero-order chi connectivity index (χ0) is 26.1. The molecule has 5 nitrogen and oxygen atoms in total. The Labute approximate surface area is 208 Å². The maximum atomic E-state index is 12.9. The van der Waals surface area contributed by atoms with Crippen molar-refractivity contribution in [2.45, 2.75) is 45.4 Å². The van der Waals surface area contributed by atoms with Crippen LogP contribution in [0.4, 0.5) is 13.2 Å². The number of pyridine rings is 1. The summed E-state index contributed by atoms with van der Waals surface area (Å²) >= 11 is 0. The number of hydrogen-bond donors (Lipinski definition) is 1. The molecular weight excluding hydrogens is 471 g/mol. The monoisotopic (exact) mass is 499 g/mol. The first-order chi connectivity index (χ1) is 17.2. The number of benzene rings is 2. The number of aliphatic carboxylic acids is 1. The molecule has 0 spiro atoms. The molecule has 0 aliphatic rings. The van der Waals surface area contributed by atoms with E-state index < -0.39 is 23.8 Å². The van der Waals surface area contributed by atoms with Crippen LogP contribution in [0.1, 0.15) is 56.0 Å². The van der Waals surface area contributed by atoms with E-state index in [0.717, 1.165) is 31.1 Å². The standard InChI is InChI=1S/C28H28F3NO4/c1-3-5-9-24(36-25-16-10-19(11-17-27(33)34)18-26(25)35-4-2)23-8-6-7-22(32-23)20-12-14-21(15-13-20)28(29,30)31/h6-8,10-18,24H,3-5,9H2,1-2H3,(H,33,34). The molecule has 0 saturated carbocycles. The number of nitrogens with zero attached hydrogens (tertiary/aromatic N) is 1. The molecule has 190 valence electrons. The van der Waals surface area contributed by atoms with E-state index in [1.54, 1.807) is 30.3 Å². The fraction of sp³-hybridized carbons (Fsp3) is 0.286. The van der Waals surface area contributed by atoms with Crippen molar-refractivity contribution >= 4 is 12.0 Å². The van der Waals surface area contributed by atoms with Crippen molar-refractivity contribution in [1.29, 1.82) is 0 Å². The number of hydrogen-bond acceptors (Lipinski definition) is 4. The number of alkyl halides is 3. The Balaban J connectivity index is 1.91. The molecule has 0 fully saturated rings. The topological polar surface area (TPSA) is 68.7 Å². The fourth-order valence-corrected chi connectivity index (χ4v) is 3.59. The zero-order valence-corrected chi connectivity index (χ0v) is 20.1. The van der Waals surface area contributed by atoms with Gasteiger partial charge in [0.25, 0.3) is 0 Å². The van der Waals surface area contributed by atoms with Gasteiger partial charge in [-0.05, 0) is 67.8 Å². The lowest BCUT2D eigenvalue weighted by Gasteiger charge is -2.21. The minimum Gasteiger partial charge on any atom is -0.490 e. The average Bonchev–Trinajstić information content (AvgIpc) is 2.86. The lowest BCUT2D eigenvalue weighted by Crippen LogP contribution is -2.11.